The first-order chi connectivity index (χ1) is 10.8. The number of ether oxygens (including phenoxy) is 1. The fourth-order valence-corrected chi connectivity index (χ4v) is 5.21. The van der Waals surface area contributed by atoms with E-state index in [0.29, 0.717) is 6.42 Å². The summed E-state index contributed by atoms with van der Waals surface area (Å²) in [5, 5.41) is 11.6. The minimum absolute atomic E-state index is 0.172. The second-order valence-electron chi connectivity index (χ2n) is 5.18. The summed E-state index contributed by atoms with van der Waals surface area (Å²) < 4.78 is 6.56. The molecule has 3 heterocycles. The molecule has 2 aliphatic heterocycles. The fourth-order valence-electron chi connectivity index (χ4n) is 2.84. The molecular weight excluding hydrogens is 316 g/mol. The molecule has 1 aromatic carbocycles. The minimum atomic E-state index is 0.172. The summed E-state index contributed by atoms with van der Waals surface area (Å²) >= 11 is 3.49. The van der Waals surface area contributed by atoms with Gasteiger partial charge in [0.05, 0.1) is 24.2 Å². The Kier molecular flexibility index (Phi) is 3.60. The number of rotatable bonds is 4. The van der Waals surface area contributed by atoms with E-state index in [2.05, 4.69) is 28.1 Å². The summed E-state index contributed by atoms with van der Waals surface area (Å²) in [6.45, 7) is 1.97. The van der Waals surface area contributed by atoms with Gasteiger partial charge in [-0.2, -0.15) is 0 Å². The van der Waals surface area contributed by atoms with E-state index in [1.54, 1.807) is 30.2 Å². The van der Waals surface area contributed by atoms with Gasteiger partial charge in [0, 0.05) is 29.2 Å². The zero-order valence-corrected chi connectivity index (χ0v) is 13.8. The van der Waals surface area contributed by atoms with Gasteiger partial charge >= 0.3 is 0 Å². The van der Waals surface area contributed by atoms with Crippen LogP contribution in [0.3, 0.4) is 0 Å². The summed E-state index contributed by atoms with van der Waals surface area (Å²) in [6.07, 6.45) is 0.688. The highest BCUT2D eigenvalue weighted by atomic mass is 32.2. The molecule has 0 spiro atoms. The quantitative estimate of drug-likeness (QED) is 0.932. The Morgan fingerprint density at radius 3 is 3.09 bits per heavy atom. The summed E-state index contributed by atoms with van der Waals surface area (Å²) in [5.41, 5.74) is 1.23. The molecule has 0 saturated heterocycles. The van der Waals surface area contributed by atoms with Crippen LogP contribution >= 0.6 is 23.1 Å². The number of thiophene rings is 1. The van der Waals surface area contributed by atoms with Crippen LogP contribution in [0.5, 0.6) is 5.75 Å². The number of nitrogens with zero attached hydrogens (tertiary/aromatic N) is 2. The lowest BCUT2D eigenvalue weighted by Crippen LogP contribution is -2.19. The maximum atomic E-state index is 9.34. The molecule has 2 aliphatic rings. The van der Waals surface area contributed by atoms with E-state index in [-0.39, 0.29) is 6.61 Å². The lowest BCUT2D eigenvalue weighted by molar-refractivity contribution is 0.301. The molecule has 0 fully saturated rings. The third kappa shape index (κ3) is 2.22. The van der Waals surface area contributed by atoms with Gasteiger partial charge in [0.15, 0.2) is 5.17 Å². The summed E-state index contributed by atoms with van der Waals surface area (Å²) in [7, 11) is 1.69. The number of fused-ring (bicyclic) bond motifs is 2. The van der Waals surface area contributed by atoms with Gasteiger partial charge in [-0.15, -0.1) is 11.3 Å². The highest BCUT2D eigenvalue weighted by molar-refractivity contribution is 8.17. The Morgan fingerprint density at radius 2 is 2.27 bits per heavy atom. The van der Waals surface area contributed by atoms with Gasteiger partial charge in [0.1, 0.15) is 5.75 Å². The number of benzene rings is 1. The topological polar surface area (TPSA) is 45.1 Å². The number of hydrogen-bond donors (Lipinski definition) is 1. The molecule has 0 amide bonds. The third-order valence-corrected chi connectivity index (χ3v) is 6.14. The smallest absolute Gasteiger partial charge is 0.168 e. The molecule has 1 aromatic heterocycles. The van der Waals surface area contributed by atoms with E-state index >= 15 is 0 Å². The molecule has 0 saturated carbocycles. The molecule has 0 unspecified atom stereocenters. The number of hydrogen-bond acceptors (Lipinski definition) is 6. The van der Waals surface area contributed by atoms with Crippen LogP contribution in [-0.4, -0.2) is 42.0 Å². The summed E-state index contributed by atoms with van der Waals surface area (Å²) in [5.74, 6) is 0.880. The molecule has 4 rings (SSSR count). The first kappa shape index (κ1) is 14.1. The second-order valence-corrected chi connectivity index (χ2v) is 7.32. The number of thioether (sulfide) groups is 1. The normalized spacial score (nSPS) is 17.4. The van der Waals surface area contributed by atoms with Crippen molar-refractivity contribution in [3.63, 3.8) is 0 Å². The van der Waals surface area contributed by atoms with E-state index in [1.807, 2.05) is 6.07 Å². The van der Waals surface area contributed by atoms with Crippen molar-refractivity contribution >= 4 is 44.0 Å². The average Bonchev–Trinajstić information content (AvgIpc) is 3.19. The van der Waals surface area contributed by atoms with Gasteiger partial charge in [-0.05, 0) is 29.7 Å². The number of aliphatic hydroxyl groups is 1. The van der Waals surface area contributed by atoms with Crippen LogP contribution in [0.15, 0.2) is 34.2 Å². The second kappa shape index (κ2) is 5.61. The molecule has 2 aromatic rings. The van der Waals surface area contributed by atoms with Crippen molar-refractivity contribution in [3.05, 3.63) is 34.0 Å². The molecule has 114 valence electrons. The van der Waals surface area contributed by atoms with E-state index in [0.717, 1.165) is 24.0 Å². The monoisotopic (exact) mass is 332 g/mol. The standard InChI is InChI=1S/C16H16N2O2S2/c1-20-11-2-3-12-10(8-11)9-14(21-12)15-13(4-7-19)22-16-17-5-6-18(15)16/h2-3,8-9,19H,4-7H2,1H3. The summed E-state index contributed by atoms with van der Waals surface area (Å²) in [4.78, 5) is 9.31. The number of methoxy groups -OCH3 is 1. The van der Waals surface area contributed by atoms with Gasteiger partial charge in [0.2, 0.25) is 0 Å². The largest absolute Gasteiger partial charge is 0.497 e. The zero-order valence-electron chi connectivity index (χ0n) is 12.2. The first-order valence-electron chi connectivity index (χ1n) is 7.22. The van der Waals surface area contributed by atoms with Crippen molar-refractivity contribution in [2.45, 2.75) is 6.42 Å². The zero-order chi connectivity index (χ0) is 15.1. The number of aliphatic hydroxyl groups excluding tert-OH is 1. The molecule has 4 nitrogen and oxygen atoms in total. The fraction of sp³-hybridized carbons (Fsp3) is 0.312. The van der Waals surface area contributed by atoms with Crippen LogP contribution < -0.4 is 4.74 Å². The lowest BCUT2D eigenvalue weighted by atomic mass is 10.2. The van der Waals surface area contributed by atoms with Crippen molar-refractivity contribution in [3.8, 4) is 5.75 Å². The highest BCUT2D eigenvalue weighted by Crippen LogP contribution is 2.46. The van der Waals surface area contributed by atoms with Crippen LogP contribution in [0.1, 0.15) is 11.3 Å². The maximum Gasteiger partial charge on any atom is 0.168 e. The molecule has 6 heteroatoms. The van der Waals surface area contributed by atoms with Crippen molar-refractivity contribution < 1.29 is 9.84 Å². The van der Waals surface area contributed by atoms with Gasteiger partial charge < -0.3 is 14.7 Å². The van der Waals surface area contributed by atoms with Crippen LogP contribution in [-0.2, 0) is 0 Å². The summed E-state index contributed by atoms with van der Waals surface area (Å²) in [6, 6.07) is 8.40. The van der Waals surface area contributed by atoms with Crippen molar-refractivity contribution in [2.24, 2.45) is 4.99 Å². The molecule has 0 atom stereocenters. The highest BCUT2D eigenvalue weighted by Gasteiger charge is 2.33. The Labute approximate surface area is 137 Å². The van der Waals surface area contributed by atoms with Gasteiger partial charge in [0.25, 0.3) is 0 Å². The molecule has 0 aliphatic carbocycles. The van der Waals surface area contributed by atoms with Crippen molar-refractivity contribution in [1.82, 2.24) is 4.90 Å². The molecular formula is C16H16N2O2S2. The average molecular weight is 332 g/mol. The molecule has 0 bridgehead atoms. The maximum absolute atomic E-state index is 9.34. The van der Waals surface area contributed by atoms with Gasteiger partial charge in [-0.1, -0.05) is 11.8 Å². The number of aliphatic imine (C=N–C) groups is 1. The Hall–Kier alpha value is -1.50. The predicted molar refractivity (Wildman–Crippen MR) is 93.6 cm³/mol. The Bertz CT molecular complexity index is 795. The third-order valence-electron chi connectivity index (χ3n) is 3.85. The lowest BCUT2D eigenvalue weighted by Gasteiger charge is -2.15. The Balaban J connectivity index is 1.81. The van der Waals surface area contributed by atoms with E-state index < -0.39 is 0 Å². The van der Waals surface area contributed by atoms with Crippen molar-refractivity contribution in [2.75, 3.05) is 26.8 Å². The van der Waals surface area contributed by atoms with E-state index in [9.17, 15) is 5.11 Å². The van der Waals surface area contributed by atoms with Crippen molar-refractivity contribution in [1.29, 1.82) is 0 Å². The molecule has 1 N–H and O–H groups in total. The van der Waals surface area contributed by atoms with Gasteiger partial charge in [-0.3, -0.25) is 4.99 Å². The van der Waals surface area contributed by atoms with E-state index in [4.69, 9.17) is 4.74 Å². The SMILES string of the molecule is COc1ccc2sc(C3=C(CCO)SC4=NCCN43)cc2c1. The number of amidine groups is 1. The van der Waals surface area contributed by atoms with Crippen LogP contribution in [0.2, 0.25) is 0 Å². The van der Waals surface area contributed by atoms with E-state index in [1.165, 1.54) is 25.6 Å². The van der Waals surface area contributed by atoms with Crippen LogP contribution in [0.25, 0.3) is 15.8 Å². The molecule has 0 radical (unpaired) electrons. The van der Waals surface area contributed by atoms with Crippen LogP contribution in [0, 0.1) is 0 Å². The van der Waals surface area contributed by atoms with Crippen LogP contribution in [0.4, 0.5) is 0 Å². The molecule has 22 heavy (non-hydrogen) atoms. The first-order valence-corrected chi connectivity index (χ1v) is 8.85. The Morgan fingerprint density at radius 1 is 1.36 bits per heavy atom. The predicted octanol–water partition coefficient (Wildman–Crippen LogP) is 3.38. The van der Waals surface area contributed by atoms with Gasteiger partial charge in [-0.25, -0.2) is 0 Å². The minimum Gasteiger partial charge on any atom is -0.497 e.